The summed E-state index contributed by atoms with van der Waals surface area (Å²) in [5, 5.41) is 15.3. The lowest BCUT2D eigenvalue weighted by atomic mass is 9.80. The number of nitrogens with one attached hydrogen (secondary N) is 1. The summed E-state index contributed by atoms with van der Waals surface area (Å²) in [6, 6.07) is 9.39. The third-order valence-electron chi connectivity index (χ3n) is 4.82. The molecule has 1 aromatic carbocycles. The molecule has 0 amide bonds. The highest BCUT2D eigenvalue weighted by Gasteiger charge is 2.41. The van der Waals surface area contributed by atoms with Gasteiger partial charge in [-0.05, 0) is 51.8 Å². The minimum atomic E-state index is -3.83. The maximum atomic E-state index is 13.0. The Morgan fingerprint density at radius 1 is 1.17 bits per heavy atom. The number of hydrogen-bond donors (Lipinski definition) is 2. The van der Waals surface area contributed by atoms with Crippen molar-refractivity contribution in [3.63, 3.8) is 0 Å². The molecule has 0 atom stereocenters. The number of benzene rings is 1. The van der Waals surface area contributed by atoms with Gasteiger partial charge < -0.3 is 10.4 Å². The largest absolute Gasteiger partial charge is 0.858 e. The van der Waals surface area contributed by atoms with Crippen LogP contribution in [0.5, 0.6) is 0 Å². The van der Waals surface area contributed by atoms with Crippen LogP contribution in [0, 0.1) is 0 Å². The van der Waals surface area contributed by atoms with Gasteiger partial charge in [0.2, 0.25) is 0 Å². The van der Waals surface area contributed by atoms with Crippen molar-refractivity contribution in [2.24, 2.45) is 4.99 Å². The Morgan fingerprint density at radius 2 is 1.79 bits per heavy atom. The number of sulfonamides is 1. The van der Waals surface area contributed by atoms with Crippen LogP contribution in [0.25, 0.3) is 0 Å². The number of para-hydroxylation sites is 1. The van der Waals surface area contributed by atoms with Crippen LogP contribution in [-0.2, 0) is 10.0 Å². The van der Waals surface area contributed by atoms with Gasteiger partial charge in [-0.3, -0.25) is 9.71 Å². The number of aliphatic imine (C=N–C) groups is 1. The van der Waals surface area contributed by atoms with Crippen LogP contribution in [0.3, 0.4) is 0 Å². The zero-order valence-electron chi connectivity index (χ0n) is 16.9. The molecular weight excluding hydrogens is 430 g/mol. The molecule has 2 heterocycles. The lowest BCUT2D eigenvalue weighted by Crippen LogP contribution is -3.05. The Hall–Kier alpha value is -1.61. The predicted octanol–water partition coefficient (Wildman–Crippen LogP) is 2.59. The van der Waals surface area contributed by atoms with E-state index in [1.165, 1.54) is 12.1 Å². The Bertz CT molecular complexity index is 1010. The molecule has 158 valence electrons. The van der Waals surface area contributed by atoms with Gasteiger partial charge in [0.25, 0.3) is 10.0 Å². The second-order valence-electron chi connectivity index (χ2n) is 8.83. The molecule has 3 N–H and O–H groups in total. The lowest BCUT2D eigenvalue weighted by Gasteiger charge is -2.42. The first-order valence-electron chi connectivity index (χ1n) is 9.36. The highest BCUT2D eigenvalue weighted by Crippen LogP contribution is 2.29. The van der Waals surface area contributed by atoms with Crippen LogP contribution in [0.4, 0.5) is 5.69 Å². The van der Waals surface area contributed by atoms with Gasteiger partial charge in [-0.25, -0.2) is 8.42 Å². The normalized spacial score (nSPS) is 19.8. The first-order valence-corrected chi connectivity index (χ1v) is 12.0. The minimum absolute atomic E-state index is 0.0181. The number of piperidine rings is 1. The summed E-state index contributed by atoms with van der Waals surface area (Å²) in [6.45, 7) is 8.59. The monoisotopic (exact) mass is 455 g/mol. The second kappa shape index (κ2) is 7.91. The van der Waals surface area contributed by atoms with Gasteiger partial charge in [0, 0.05) is 18.4 Å². The van der Waals surface area contributed by atoms with Gasteiger partial charge in [-0.15, -0.1) is 11.3 Å². The highest BCUT2D eigenvalue weighted by molar-refractivity contribution is 7.94. The van der Waals surface area contributed by atoms with E-state index in [0.29, 0.717) is 4.34 Å². The van der Waals surface area contributed by atoms with Crippen LogP contribution < -0.4 is 15.1 Å². The lowest BCUT2D eigenvalue weighted by molar-refractivity contribution is -0.787. The first kappa shape index (κ1) is 22.1. The maximum Gasteiger partial charge on any atom is 0.271 e. The summed E-state index contributed by atoms with van der Waals surface area (Å²) in [6.07, 6.45) is 1.56. The van der Waals surface area contributed by atoms with Crippen LogP contribution in [0.15, 0.2) is 45.6 Å². The molecule has 9 heteroatoms. The highest BCUT2D eigenvalue weighted by atomic mass is 35.5. The Labute approximate surface area is 181 Å². The van der Waals surface area contributed by atoms with E-state index in [-0.39, 0.29) is 32.6 Å². The van der Waals surface area contributed by atoms with Crippen molar-refractivity contribution in [3.05, 3.63) is 46.3 Å². The summed E-state index contributed by atoms with van der Waals surface area (Å²) in [7, 11) is -3.83. The molecule has 0 saturated carbocycles. The molecule has 0 bridgehead atoms. The Balaban J connectivity index is 1.89. The minimum Gasteiger partial charge on any atom is -0.858 e. The van der Waals surface area contributed by atoms with Crippen molar-refractivity contribution in [1.29, 1.82) is 0 Å². The maximum absolute atomic E-state index is 13.0. The topological polar surface area (TPSA) is 98.2 Å². The van der Waals surface area contributed by atoms with E-state index in [1.807, 2.05) is 0 Å². The Kier molecular flexibility index (Phi) is 6.02. The molecule has 29 heavy (non-hydrogen) atoms. The SMILES string of the molecule is CC1(C)CC(N=C([O-])c2ccccc2NS(=O)(=O)c2ccc(Cl)s2)CC(C)(C)[NH2+]1. The molecule has 0 spiro atoms. The van der Waals surface area contributed by atoms with Crippen molar-refractivity contribution in [3.8, 4) is 0 Å². The second-order valence-corrected chi connectivity index (χ2v) is 12.5. The van der Waals surface area contributed by atoms with E-state index in [2.05, 4.69) is 42.7 Å². The van der Waals surface area contributed by atoms with E-state index >= 15 is 0 Å². The van der Waals surface area contributed by atoms with Crippen LogP contribution in [0.2, 0.25) is 4.34 Å². The standard InChI is InChI=1S/C20H26ClN3O3S2/c1-19(2)11-13(12-20(3,4)24-19)22-18(25)14-7-5-6-8-15(14)23-29(26,27)17-10-9-16(21)28-17/h5-10,13,23-24H,11-12H2,1-4H3,(H,22,25). The van der Waals surface area contributed by atoms with E-state index in [4.69, 9.17) is 11.6 Å². The number of nitrogens with two attached hydrogens (primary N) is 1. The summed E-state index contributed by atoms with van der Waals surface area (Å²) in [4.78, 5) is 4.45. The van der Waals surface area contributed by atoms with Gasteiger partial charge in [0.15, 0.2) is 0 Å². The fraction of sp³-hybridized carbons (Fsp3) is 0.450. The van der Waals surface area contributed by atoms with Crippen LogP contribution >= 0.6 is 22.9 Å². The molecule has 1 aliphatic rings. The predicted molar refractivity (Wildman–Crippen MR) is 116 cm³/mol. The number of hydrogen-bond acceptors (Lipinski definition) is 5. The van der Waals surface area contributed by atoms with Crippen molar-refractivity contribution in [1.82, 2.24) is 0 Å². The van der Waals surface area contributed by atoms with Gasteiger partial charge >= 0.3 is 0 Å². The number of halogens is 1. The number of quaternary nitrogens is 1. The van der Waals surface area contributed by atoms with E-state index < -0.39 is 15.9 Å². The van der Waals surface area contributed by atoms with Crippen molar-refractivity contribution < 1.29 is 18.8 Å². The average molecular weight is 456 g/mol. The number of anilines is 1. The molecule has 2 aromatic rings. The van der Waals surface area contributed by atoms with Crippen molar-refractivity contribution in [2.45, 2.75) is 61.9 Å². The first-order chi connectivity index (χ1) is 13.4. The number of nitrogens with zero attached hydrogens (tertiary/aromatic N) is 1. The van der Waals surface area contributed by atoms with Crippen molar-refractivity contribution >= 4 is 44.5 Å². The summed E-state index contributed by atoms with van der Waals surface area (Å²) >= 11 is 6.82. The third-order valence-corrected chi connectivity index (χ3v) is 7.91. The molecule has 3 rings (SSSR count). The molecule has 1 aliphatic heterocycles. The van der Waals surface area contributed by atoms with E-state index in [0.717, 1.165) is 24.2 Å². The van der Waals surface area contributed by atoms with Gasteiger partial charge in [0.1, 0.15) is 4.21 Å². The van der Waals surface area contributed by atoms with Crippen LogP contribution in [0.1, 0.15) is 46.1 Å². The fourth-order valence-electron chi connectivity index (χ4n) is 4.18. The van der Waals surface area contributed by atoms with Gasteiger partial charge in [-0.2, -0.15) is 0 Å². The molecule has 0 unspecified atom stereocenters. The molecule has 1 saturated heterocycles. The molecule has 0 radical (unpaired) electrons. The summed E-state index contributed by atoms with van der Waals surface area (Å²) in [5.41, 5.74) is 0.418. The van der Waals surface area contributed by atoms with Gasteiger partial charge in [0.05, 0.1) is 27.1 Å². The van der Waals surface area contributed by atoms with Crippen LogP contribution in [-0.4, -0.2) is 31.4 Å². The van der Waals surface area contributed by atoms with Gasteiger partial charge in [-0.1, -0.05) is 29.8 Å². The zero-order valence-corrected chi connectivity index (χ0v) is 19.3. The molecular formula is C20H26ClN3O3S2. The zero-order chi connectivity index (χ0) is 21.4. The molecule has 6 nitrogen and oxygen atoms in total. The van der Waals surface area contributed by atoms with E-state index in [9.17, 15) is 13.5 Å². The van der Waals surface area contributed by atoms with Crippen molar-refractivity contribution in [2.75, 3.05) is 4.72 Å². The molecule has 0 aliphatic carbocycles. The third kappa shape index (κ3) is 5.51. The smallest absolute Gasteiger partial charge is 0.271 e. The molecule has 1 fully saturated rings. The van der Waals surface area contributed by atoms with E-state index in [1.54, 1.807) is 24.3 Å². The Morgan fingerprint density at radius 3 is 2.38 bits per heavy atom. The fourth-order valence-corrected chi connectivity index (χ4v) is 6.75. The number of rotatable bonds is 5. The number of thiophene rings is 1. The molecule has 1 aromatic heterocycles. The average Bonchev–Trinajstić information content (AvgIpc) is 2.99. The summed E-state index contributed by atoms with van der Waals surface area (Å²) in [5.74, 6) is -0.411. The quantitative estimate of drug-likeness (QED) is 0.535. The summed E-state index contributed by atoms with van der Waals surface area (Å²) < 4.78 is 28.3.